The van der Waals surface area contributed by atoms with E-state index in [1.165, 1.54) is 6.08 Å². The zero-order valence-corrected chi connectivity index (χ0v) is 14.9. The third kappa shape index (κ3) is 3.90. The van der Waals surface area contributed by atoms with Gasteiger partial charge in [0.1, 0.15) is 0 Å². The highest BCUT2D eigenvalue weighted by atomic mass is 16.2. The molecule has 0 saturated carbocycles. The van der Waals surface area contributed by atoms with E-state index in [-0.39, 0.29) is 11.9 Å². The summed E-state index contributed by atoms with van der Waals surface area (Å²) in [6.45, 7) is 0.773. The minimum atomic E-state index is -0.301. The number of hydrogen-bond donors (Lipinski definition) is 3. The van der Waals surface area contributed by atoms with Crippen LogP contribution in [0.4, 0.5) is 16.3 Å². The van der Waals surface area contributed by atoms with Gasteiger partial charge in [0.2, 0.25) is 5.91 Å². The van der Waals surface area contributed by atoms with Gasteiger partial charge in [0.15, 0.2) is 5.82 Å². The van der Waals surface area contributed by atoms with Crippen LogP contribution >= 0.6 is 0 Å². The Kier molecular flexibility index (Phi) is 4.83. The lowest BCUT2D eigenvalue weighted by atomic mass is 10.2. The summed E-state index contributed by atoms with van der Waals surface area (Å²) in [6.07, 6.45) is 6.44. The molecule has 3 aromatic rings. The molecule has 28 heavy (non-hydrogen) atoms. The van der Waals surface area contributed by atoms with Crippen molar-refractivity contribution in [2.24, 2.45) is 0 Å². The molecule has 3 amide bonds. The number of aromatic amines is 1. The topological polar surface area (TPSA) is 103 Å². The molecular formula is C20H18N6O2. The number of anilines is 2. The zero-order valence-electron chi connectivity index (χ0n) is 14.9. The fourth-order valence-electron chi connectivity index (χ4n) is 2.92. The number of pyridine rings is 1. The van der Waals surface area contributed by atoms with Crippen LogP contribution in [0.1, 0.15) is 16.8 Å². The highest BCUT2D eigenvalue weighted by Crippen LogP contribution is 2.27. The first-order valence-electron chi connectivity index (χ1n) is 8.75. The van der Waals surface area contributed by atoms with Crippen molar-refractivity contribution in [1.29, 1.82) is 0 Å². The summed E-state index contributed by atoms with van der Waals surface area (Å²) < 4.78 is 0. The fraction of sp³-hybridized carbons (Fsp3) is 0.100. The van der Waals surface area contributed by atoms with Gasteiger partial charge < -0.3 is 15.5 Å². The minimum Gasteiger partial charge on any atom is -0.314 e. The number of carbonyl (C=O) groups is 2. The molecular weight excluding hydrogens is 356 g/mol. The zero-order chi connectivity index (χ0) is 19.3. The molecule has 0 aliphatic carbocycles. The van der Waals surface area contributed by atoms with E-state index in [1.807, 2.05) is 36.4 Å². The summed E-state index contributed by atoms with van der Waals surface area (Å²) in [5.74, 6) is 0.135. The van der Waals surface area contributed by atoms with Crippen molar-refractivity contribution in [2.75, 3.05) is 10.6 Å². The van der Waals surface area contributed by atoms with Crippen molar-refractivity contribution < 1.29 is 9.59 Å². The van der Waals surface area contributed by atoms with Gasteiger partial charge in [0, 0.05) is 29.7 Å². The van der Waals surface area contributed by atoms with Crippen LogP contribution < -0.4 is 10.6 Å². The first kappa shape index (κ1) is 17.5. The van der Waals surface area contributed by atoms with Crippen LogP contribution in [0.3, 0.4) is 0 Å². The van der Waals surface area contributed by atoms with E-state index in [1.54, 1.807) is 29.4 Å². The Morgan fingerprint density at radius 3 is 2.71 bits per heavy atom. The summed E-state index contributed by atoms with van der Waals surface area (Å²) >= 11 is 0. The number of hydrogen-bond acceptors (Lipinski definition) is 4. The summed E-state index contributed by atoms with van der Waals surface area (Å²) in [5.41, 5.74) is 3.19. The molecule has 1 aliphatic rings. The van der Waals surface area contributed by atoms with E-state index < -0.39 is 0 Å². The Labute approximate surface area is 161 Å². The largest absolute Gasteiger partial charge is 0.322 e. The molecule has 8 heteroatoms. The molecule has 140 valence electrons. The van der Waals surface area contributed by atoms with E-state index in [4.69, 9.17) is 0 Å². The maximum absolute atomic E-state index is 12.5. The summed E-state index contributed by atoms with van der Waals surface area (Å²) in [6, 6.07) is 12.7. The number of nitrogens with zero attached hydrogens (tertiary/aromatic N) is 3. The van der Waals surface area contributed by atoms with Crippen molar-refractivity contribution in [3.05, 3.63) is 77.8 Å². The molecule has 3 N–H and O–H groups in total. The third-order valence-electron chi connectivity index (χ3n) is 4.32. The molecule has 2 aromatic heterocycles. The lowest BCUT2D eigenvalue weighted by Crippen LogP contribution is -2.30. The van der Waals surface area contributed by atoms with E-state index in [9.17, 15) is 9.59 Å². The third-order valence-corrected chi connectivity index (χ3v) is 4.32. The molecule has 8 nitrogen and oxygen atoms in total. The SMILES string of the molecule is O=C(C=Cc1cccnc1)Nc1n[nH]c2c1CN(C(=O)Nc1ccccc1)C2. The van der Waals surface area contributed by atoms with E-state index in [2.05, 4.69) is 25.8 Å². The van der Waals surface area contributed by atoms with Crippen LogP contribution in [0.2, 0.25) is 0 Å². The molecule has 0 bridgehead atoms. The molecule has 0 fully saturated rings. The van der Waals surface area contributed by atoms with Gasteiger partial charge in [-0.1, -0.05) is 24.3 Å². The second kappa shape index (κ2) is 7.75. The van der Waals surface area contributed by atoms with Crippen molar-refractivity contribution in [2.45, 2.75) is 13.1 Å². The Bertz CT molecular complexity index is 1010. The predicted octanol–water partition coefficient (Wildman–Crippen LogP) is 3.00. The second-order valence-corrected chi connectivity index (χ2v) is 6.29. The number of benzene rings is 1. The number of H-pyrrole nitrogens is 1. The molecule has 0 unspecified atom stereocenters. The van der Waals surface area contributed by atoms with E-state index in [0.717, 1.165) is 22.5 Å². The number of para-hydroxylation sites is 1. The van der Waals surface area contributed by atoms with E-state index >= 15 is 0 Å². The van der Waals surface area contributed by atoms with Crippen molar-refractivity contribution in [1.82, 2.24) is 20.1 Å². The highest BCUT2D eigenvalue weighted by Gasteiger charge is 2.28. The number of nitrogens with one attached hydrogen (secondary N) is 3. The van der Waals surface area contributed by atoms with E-state index in [0.29, 0.717) is 18.9 Å². The van der Waals surface area contributed by atoms with Crippen molar-refractivity contribution >= 4 is 29.5 Å². The van der Waals surface area contributed by atoms with Crippen molar-refractivity contribution in [3.8, 4) is 0 Å². The van der Waals surface area contributed by atoms with Crippen LogP contribution in [0.15, 0.2) is 60.9 Å². The van der Waals surface area contributed by atoms with Gasteiger partial charge in [-0.2, -0.15) is 5.10 Å². The van der Waals surface area contributed by atoms with Gasteiger partial charge in [0.05, 0.1) is 18.8 Å². The Hall–Kier alpha value is -3.94. The van der Waals surface area contributed by atoms with Gasteiger partial charge >= 0.3 is 6.03 Å². The average Bonchev–Trinajstić information content (AvgIpc) is 3.30. The van der Waals surface area contributed by atoms with Crippen LogP contribution in [0.25, 0.3) is 6.08 Å². The summed E-state index contributed by atoms with van der Waals surface area (Å²) in [5, 5.41) is 12.7. The van der Waals surface area contributed by atoms with Gasteiger partial charge in [-0.3, -0.25) is 14.9 Å². The molecule has 0 atom stereocenters. The predicted molar refractivity (Wildman–Crippen MR) is 105 cm³/mol. The monoisotopic (exact) mass is 374 g/mol. The fourth-order valence-corrected chi connectivity index (χ4v) is 2.92. The maximum Gasteiger partial charge on any atom is 0.322 e. The average molecular weight is 374 g/mol. The van der Waals surface area contributed by atoms with Gasteiger partial charge in [0.25, 0.3) is 0 Å². The van der Waals surface area contributed by atoms with Crippen LogP contribution in [0.5, 0.6) is 0 Å². The molecule has 0 spiro atoms. The van der Waals surface area contributed by atoms with Gasteiger partial charge in [-0.15, -0.1) is 0 Å². The van der Waals surface area contributed by atoms with Crippen LogP contribution in [0, 0.1) is 0 Å². The smallest absolute Gasteiger partial charge is 0.314 e. The normalized spacial score (nSPS) is 12.8. The Morgan fingerprint density at radius 2 is 1.93 bits per heavy atom. The summed E-state index contributed by atoms with van der Waals surface area (Å²) in [7, 11) is 0. The minimum absolute atomic E-state index is 0.204. The van der Waals surface area contributed by atoms with Crippen LogP contribution in [-0.4, -0.2) is 32.0 Å². The number of urea groups is 1. The lowest BCUT2D eigenvalue weighted by molar-refractivity contribution is -0.111. The van der Waals surface area contributed by atoms with Gasteiger partial charge in [-0.25, -0.2) is 4.79 Å². The summed E-state index contributed by atoms with van der Waals surface area (Å²) in [4.78, 5) is 30.3. The Morgan fingerprint density at radius 1 is 1.07 bits per heavy atom. The number of aromatic nitrogens is 3. The first-order chi connectivity index (χ1) is 13.7. The van der Waals surface area contributed by atoms with Gasteiger partial charge in [-0.05, 0) is 29.8 Å². The molecule has 4 rings (SSSR count). The lowest BCUT2D eigenvalue weighted by Gasteiger charge is -2.16. The molecule has 3 heterocycles. The number of amides is 3. The highest BCUT2D eigenvalue weighted by molar-refractivity contribution is 6.02. The molecule has 1 aliphatic heterocycles. The first-order valence-corrected chi connectivity index (χ1v) is 8.75. The standard InChI is InChI=1S/C20H18N6O2/c27-18(9-8-14-5-4-10-21-11-14)23-19-16-12-26(13-17(16)24-25-19)20(28)22-15-6-2-1-3-7-15/h1-11H,12-13H2,(H,22,28)(H2,23,24,25,27). The number of fused-ring (bicyclic) bond motifs is 1. The van der Waals surface area contributed by atoms with Crippen LogP contribution in [-0.2, 0) is 17.9 Å². The molecule has 0 saturated heterocycles. The Balaban J connectivity index is 1.38. The number of carbonyl (C=O) groups excluding carboxylic acids is 2. The second-order valence-electron chi connectivity index (χ2n) is 6.29. The maximum atomic E-state index is 12.5. The quantitative estimate of drug-likeness (QED) is 0.611. The number of rotatable bonds is 4. The van der Waals surface area contributed by atoms with Crippen molar-refractivity contribution in [3.63, 3.8) is 0 Å². The molecule has 1 aromatic carbocycles. The molecule has 0 radical (unpaired) electrons.